The highest BCUT2D eigenvalue weighted by atomic mass is 32.2. The number of hydrogen-bond donors (Lipinski definition) is 0. The van der Waals surface area contributed by atoms with Crippen LogP contribution in [0.25, 0.3) is 11.3 Å². The summed E-state index contributed by atoms with van der Waals surface area (Å²) in [5, 5.41) is 0.910. The molecule has 0 aliphatic heterocycles. The number of hydrogen-bond acceptors (Lipinski definition) is 3. The first-order valence-electron chi connectivity index (χ1n) is 6.56. The first-order valence-corrected chi connectivity index (χ1v) is 7.54. The monoisotopic (exact) mass is 296 g/mol. The van der Waals surface area contributed by atoms with Crippen molar-refractivity contribution in [2.75, 3.05) is 0 Å². The van der Waals surface area contributed by atoms with Crippen molar-refractivity contribution in [1.82, 2.24) is 9.97 Å². The van der Waals surface area contributed by atoms with Crippen molar-refractivity contribution in [2.24, 2.45) is 0 Å². The molecule has 0 aliphatic rings. The van der Waals surface area contributed by atoms with Crippen LogP contribution in [0.15, 0.2) is 72.0 Å². The molecule has 0 spiro atoms. The fourth-order valence-corrected chi connectivity index (χ4v) is 2.75. The highest BCUT2D eigenvalue weighted by Gasteiger charge is 2.03. The molecule has 0 saturated heterocycles. The van der Waals surface area contributed by atoms with E-state index in [0.29, 0.717) is 0 Å². The van der Waals surface area contributed by atoms with Crippen molar-refractivity contribution in [3.8, 4) is 11.3 Å². The Hall–Kier alpha value is -2.20. The number of rotatable bonds is 4. The molecule has 104 valence electrons. The molecule has 0 bridgehead atoms. The summed E-state index contributed by atoms with van der Waals surface area (Å²) in [5.41, 5.74) is 3.05. The number of thioether (sulfide) groups is 1. The quantitative estimate of drug-likeness (QED) is 0.521. The lowest BCUT2D eigenvalue weighted by Crippen LogP contribution is -1.88. The van der Waals surface area contributed by atoms with Crippen LogP contribution < -0.4 is 0 Å². The molecule has 1 aromatic heterocycles. The summed E-state index contributed by atoms with van der Waals surface area (Å²) in [4.78, 5) is 8.58. The van der Waals surface area contributed by atoms with E-state index in [-0.39, 0.29) is 5.82 Å². The largest absolute Gasteiger partial charge is 0.236 e. The van der Waals surface area contributed by atoms with Gasteiger partial charge in [0, 0.05) is 11.3 Å². The third kappa shape index (κ3) is 3.67. The van der Waals surface area contributed by atoms with Gasteiger partial charge in [0.2, 0.25) is 0 Å². The minimum absolute atomic E-state index is 0.211. The molecule has 2 nitrogen and oxygen atoms in total. The van der Waals surface area contributed by atoms with Gasteiger partial charge in [-0.25, -0.2) is 14.4 Å². The Morgan fingerprint density at radius 3 is 2.43 bits per heavy atom. The van der Waals surface area contributed by atoms with Crippen LogP contribution >= 0.6 is 11.8 Å². The zero-order valence-corrected chi connectivity index (χ0v) is 12.1. The smallest absolute Gasteiger partial charge is 0.123 e. The predicted octanol–water partition coefficient (Wildman–Crippen LogP) is 4.58. The van der Waals surface area contributed by atoms with Gasteiger partial charge < -0.3 is 0 Å². The Labute approximate surface area is 127 Å². The second-order valence-corrected chi connectivity index (χ2v) is 5.52. The lowest BCUT2D eigenvalue weighted by molar-refractivity contribution is 0.627. The molecular weight excluding hydrogens is 283 g/mol. The second-order valence-electron chi connectivity index (χ2n) is 4.52. The fraction of sp³-hybridized carbons (Fsp3) is 0.0588. The average Bonchev–Trinajstić information content (AvgIpc) is 2.55. The normalized spacial score (nSPS) is 10.5. The molecule has 0 amide bonds. The minimum atomic E-state index is -0.211. The van der Waals surface area contributed by atoms with Crippen molar-refractivity contribution >= 4 is 11.8 Å². The molecule has 3 rings (SSSR count). The molecular formula is C17H13FN2S. The Kier molecular flexibility index (Phi) is 4.26. The molecule has 0 aliphatic carbocycles. The summed E-state index contributed by atoms with van der Waals surface area (Å²) in [7, 11) is 0. The molecule has 0 saturated carbocycles. The van der Waals surface area contributed by atoms with E-state index in [9.17, 15) is 4.39 Å². The standard InChI is InChI=1S/C17H13FN2S/c18-15-8-6-13(7-9-15)11-21-17-10-16(19-12-20-17)14-4-2-1-3-5-14/h1-10,12H,11H2. The summed E-state index contributed by atoms with van der Waals surface area (Å²) >= 11 is 1.61. The topological polar surface area (TPSA) is 25.8 Å². The van der Waals surface area contributed by atoms with Crippen molar-refractivity contribution < 1.29 is 4.39 Å². The number of nitrogens with zero attached hydrogens (tertiary/aromatic N) is 2. The first kappa shape index (κ1) is 13.8. The van der Waals surface area contributed by atoms with Crippen molar-refractivity contribution in [2.45, 2.75) is 10.8 Å². The molecule has 4 heteroatoms. The zero-order chi connectivity index (χ0) is 14.5. The van der Waals surface area contributed by atoms with Gasteiger partial charge in [-0.2, -0.15) is 0 Å². The molecule has 1 heterocycles. The maximum atomic E-state index is 12.9. The molecule has 3 aromatic rings. The van der Waals surface area contributed by atoms with Crippen LogP contribution in [-0.4, -0.2) is 9.97 Å². The van der Waals surface area contributed by atoms with Crippen molar-refractivity contribution in [3.05, 3.63) is 78.4 Å². The summed E-state index contributed by atoms with van der Waals surface area (Å²) in [6.07, 6.45) is 1.58. The highest BCUT2D eigenvalue weighted by molar-refractivity contribution is 7.98. The zero-order valence-electron chi connectivity index (χ0n) is 11.2. The molecule has 0 unspecified atom stereocenters. The van der Waals surface area contributed by atoms with E-state index in [1.807, 2.05) is 36.4 Å². The van der Waals surface area contributed by atoms with E-state index in [1.54, 1.807) is 30.2 Å². The summed E-state index contributed by atoms with van der Waals surface area (Å²) < 4.78 is 12.9. The molecule has 0 atom stereocenters. The van der Waals surface area contributed by atoms with Crippen LogP contribution in [0.2, 0.25) is 0 Å². The van der Waals surface area contributed by atoms with Gasteiger partial charge >= 0.3 is 0 Å². The van der Waals surface area contributed by atoms with Crippen molar-refractivity contribution in [1.29, 1.82) is 0 Å². The first-order chi connectivity index (χ1) is 10.3. The van der Waals surface area contributed by atoms with Gasteiger partial charge in [-0.3, -0.25) is 0 Å². The van der Waals surface area contributed by atoms with E-state index < -0.39 is 0 Å². The summed E-state index contributed by atoms with van der Waals surface area (Å²) in [5.74, 6) is 0.545. The van der Waals surface area contributed by atoms with Gasteiger partial charge in [0.1, 0.15) is 17.2 Å². The lowest BCUT2D eigenvalue weighted by Gasteiger charge is -2.04. The summed E-state index contributed by atoms with van der Waals surface area (Å²) in [6, 6.07) is 18.5. The SMILES string of the molecule is Fc1ccc(CSc2cc(-c3ccccc3)ncn2)cc1. The summed E-state index contributed by atoms with van der Waals surface area (Å²) in [6.45, 7) is 0. The van der Waals surface area contributed by atoms with Crippen LogP contribution in [0.5, 0.6) is 0 Å². The van der Waals surface area contributed by atoms with E-state index >= 15 is 0 Å². The van der Waals surface area contributed by atoms with Crippen LogP contribution in [0, 0.1) is 5.82 Å². The third-order valence-electron chi connectivity index (χ3n) is 3.01. The van der Waals surface area contributed by atoms with Gasteiger partial charge in [0.05, 0.1) is 5.69 Å². The van der Waals surface area contributed by atoms with Gasteiger partial charge in [0.15, 0.2) is 0 Å². The maximum absolute atomic E-state index is 12.9. The minimum Gasteiger partial charge on any atom is -0.236 e. The van der Waals surface area contributed by atoms with E-state index in [2.05, 4.69) is 9.97 Å². The van der Waals surface area contributed by atoms with Crippen molar-refractivity contribution in [3.63, 3.8) is 0 Å². The Morgan fingerprint density at radius 1 is 0.905 bits per heavy atom. The van der Waals surface area contributed by atoms with Gasteiger partial charge in [0.25, 0.3) is 0 Å². The van der Waals surface area contributed by atoms with E-state index in [4.69, 9.17) is 0 Å². The number of aromatic nitrogens is 2. The highest BCUT2D eigenvalue weighted by Crippen LogP contribution is 2.24. The van der Waals surface area contributed by atoms with Gasteiger partial charge in [-0.05, 0) is 23.8 Å². The Balaban J connectivity index is 1.73. The predicted molar refractivity (Wildman–Crippen MR) is 83.4 cm³/mol. The molecule has 0 radical (unpaired) electrons. The van der Waals surface area contributed by atoms with Crippen LogP contribution in [0.4, 0.5) is 4.39 Å². The number of halogens is 1. The van der Waals surface area contributed by atoms with E-state index in [1.165, 1.54) is 12.1 Å². The Bertz CT molecular complexity index is 714. The molecule has 0 N–H and O–H groups in total. The van der Waals surface area contributed by atoms with Crippen LogP contribution in [-0.2, 0) is 5.75 Å². The molecule has 21 heavy (non-hydrogen) atoms. The van der Waals surface area contributed by atoms with E-state index in [0.717, 1.165) is 27.6 Å². The van der Waals surface area contributed by atoms with Gasteiger partial charge in [-0.15, -0.1) is 11.8 Å². The second kappa shape index (κ2) is 6.50. The van der Waals surface area contributed by atoms with Crippen LogP contribution in [0.1, 0.15) is 5.56 Å². The van der Waals surface area contributed by atoms with Crippen LogP contribution in [0.3, 0.4) is 0 Å². The fourth-order valence-electron chi connectivity index (χ4n) is 1.92. The lowest BCUT2D eigenvalue weighted by atomic mass is 10.1. The average molecular weight is 296 g/mol. The molecule has 0 fully saturated rings. The Morgan fingerprint density at radius 2 is 1.67 bits per heavy atom. The molecule has 2 aromatic carbocycles. The number of benzene rings is 2. The third-order valence-corrected chi connectivity index (χ3v) is 4.01. The maximum Gasteiger partial charge on any atom is 0.123 e. The van der Waals surface area contributed by atoms with Gasteiger partial charge in [-0.1, -0.05) is 42.5 Å².